The summed E-state index contributed by atoms with van der Waals surface area (Å²) in [5, 5.41) is 11.2. The van der Waals surface area contributed by atoms with Gasteiger partial charge in [0.15, 0.2) is 5.58 Å². The van der Waals surface area contributed by atoms with Crippen LogP contribution in [0.25, 0.3) is 31.6 Å². The number of aliphatic imine (C=N–C) groups is 1. The molecule has 6 heteroatoms. The van der Waals surface area contributed by atoms with Gasteiger partial charge in [0, 0.05) is 34.2 Å². The summed E-state index contributed by atoms with van der Waals surface area (Å²) in [6.07, 6.45) is 0.520. The third-order valence-corrected chi connectivity index (χ3v) is 7.76. The summed E-state index contributed by atoms with van der Waals surface area (Å²) in [6, 6.07) is 36.2. The minimum Gasteiger partial charge on any atom is -0.408 e. The van der Waals surface area contributed by atoms with Gasteiger partial charge in [0.1, 0.15) is 6.04 Å². The van der Waals surface area contributed by atoms with Crippen molar-refractivity contribution in [1.82, 2.24) is 4.57 Å². The zero-order valence-electron chi connectivity index (χ0n) is 20.7. The average molecular weight is 514 g/mol. The molecule has 0 fully saturated rings. The summed E-state index contributed by atoms with van der Waals surface area (Å²) in [4.78, 5) is 17.9. The highest BCUT2D eigenvalue weighted by Gasteiger charge is 2.14. The van der Waals surface area contributed by atoms with Crippen LogP contribution in [0.3, 0.4) is 0 Å². The molecule has 38 heavy (non-hydrogen) atoms. The van der Waals surface area contributed by atoms with E-state index >= 15 is 0 Å². The summed E-state index contributed by atoms with van der Waals surface area (Å²) in [5.41, 5.74) is 6.25. The van der Waals surface area contributed by atoms with Crippen molar-refractivity contribution in [3.63, 3.8) is 0 Å². The number of aromatic nitrogens is 1. The molecule has 0 spiro atoms. The molecule has 0 amide bonds. The van der Waals surface area contributed by atoms with E-state index in [9.17, 15) is 10.1 Å². The molecule has 5 nitrogen and oxygen atoms in total. The van der Waals surface area contributed by atoms with Gasteiger partial charge in [0.2, 0.25) is 0 Å². The second-order valence-corrected chi connectivity index (χ2v) is 10.2. The third kappa shape index (κ3) is 4.56. The molecular formula is C32H23N3O2S. The third-order valence-electron chi connectivity index (χ3n) is 6.62. The van der Waals surface area contributed by atoms with Crippen molar-refractivity contribution >= 4 is 38.2 Å². The maximum atomic E-state index is 11.9. The van der Waals surface area contributed by atoms with Gasteiger partial charge in [0.05, 0.1) is 17.3 Å². The van der Waals surface area contributed by atoms with Crippen LogP contribution in [0.2, 0.25) is 0 Å². The fraction of sp³-hybridized carbons (Fsp3) is 0.0938. The number of benzene rings is 4. The Kier molecular flexibility index (Phi) is 6.20. The molecular weight excluding hydrogens is 490 g/mol. The van der Waals surface area contributed by atoms with Crippen molar-refractivity contribution in [3.8, 4) is 16.5 Å². The molecule has 1 unspecified atom stereocenters. The number of rotatable bonds is 6. The molecule has 0 N–H and O–H groups in total. The second-order valence-electron chi connectivity index (χ2n) is 9.15. The zero-order valence-corrected chi connectivity index (χ0v) is 21.5. The molecule has 0 bridgehead atoms. The number of aryl methyl sites for hydroxylation is 1. The summed E-state index contributed by atoms with van der Waals surface area (Å²) in [6.45, 7) is 0. The molecule has 0 radical (unpaired) electrons. The average Bonchev–Trinajstić information content (AvgIpc) is 3.51. The van der Waals surface area contributed by atoms with E-state index in [0.717, 1.165) is 48.4 Å². The van der Waals surface area contributed by atoms with Gasteiger partial charge in [-0.25, -0.2) is 4.79 Å². The zero-order chi connectivity index (χ0) is 26.1. The normalized spacial score (nSPS) is 11.9. The molecule has 0 saturated heterocycles. The topological polar surface area (TPSA) is 71.3 Å². The highest BCUT2D eigenvalue weighted by molar-refractivity contribution is 7.22. The molecule has 4 aromatic carbocycles. The molecule has 2 heterocycles. The lowest BCUT2D eigenvalue weighted by molar-refractivity contribution is 0.528. The number of hydrogen-bond donors (Lipinski definition) is 0. The van der Waals surface area contributed by atoms with Gasteiger partial charge < -0.3 is 4.42 Å². The van der Waals surface area contributed by atoms with Crippen molar-refractivity contribution in [2.24, 2.45) is 12.0 Å². The molecule has 1 atom stereocenters. The Bertz CT molecular complexity index is 1850. The van der Waals surface area contributed by atoms with Crippen molar-refractivity contribution in [2.75, 3.05) is 0 Å². The Morgan fingerprint density at radius 1 is 0.947 bits per heavy atom. The van der Waals surface area contributed by atoms with Gasteiger partial charge in [-0.2, -0.15) is 5.26 Å². The van der Waals surface area contributed by atoms with Crippen LogP contribution in [0.5, 0.6) is 0 Å². The van der Waals surface area contributed by atoms with E-state index in [1.165, 1.54) is 4.57 Å². The number of nitrogens with zero attached hydrogens (tertiary/aromatic N) is 3. The van der Waals surface area contributed by atoms with Gasteiger partial charge in [-0.05, 0) is 46.8 Å². The number of nitriles is 1. The first-order valence-electron chi connectivity index (χ1n) is 12.3. The molecule has 6 aromatic rings. The number of oxazole rings is 1. The van der Waals surface area contributed by atoms with Gasteiger partial charge in [-0.1, -0.05) is 72.8 Å². The minimum atomic E-state index is -0.521. The largest absolute Gasteiger partial charge is 0.419 e. The van der Waals surface area contributed by atoms with E-state index in [2.05, 4.69) is 30.3 Å². The Balaban J connectivity index is 1.32. The first kappa shape index (κ1) is 23.7. The lowest BCUT2D eigenvalue weighted by Gasteiger charge is -2.11. The Morgan fingerprint density at radius 2 is 1.66 bits per heavy atom. The molecule has 0 aliphatic rings. The van der Waals surface area contributed by atoms with Gasteiger partial charge in [-0.3, -0.25) is 9.56 Å². The lowest BCUT2D eigenvalue weighted by atomic mass is 10.0. The van der Waals surface area contributed by atoms with E-state index in [4.69, 9.17) is 9.41 Å². The van der Waals surface area contributed by atoms with Crippen molar-refractivity contribution in [3.05, 3.63) is 130 Å². The quantitative estimate of drug-likeness (QED) is 0.226. The minimum absolute atomic E-state index is 0.365. The van der Waals surface area contributed by atoms with E-state index < -0.39 is 6.04 Å². The van der Waals surface area contributed by atoms with Crippen LogP contribution in [-0.4, -0.2) is 16.3 Å². The molecule has 184 valence electrons. The Labute approximate surface area is 223 Å². The molecule has 0 aliphatic carbocycles. The predicted molar refractivity (Wildman–Crippen MR) is 154 cm³/mol. The number of thiophene rings is 1. The van der Waals surface area contributed by atoms with E-state index in [1.54, 1.807) is 18.4 Å². The van der Waals surface area contributed by atoms with Crippen LogP contribution in [0.1, 0.15) is 16.7 Å². The van der Waals surface area contributed by atoms with Gasteiger partial charge in [0.25, 0.3) is 0 Å². The first-order chi connectivity index (χ1) is 18.6. The molecule has 2 aromatic heterocycles. The first-order valence-corrected chi connectivity index (χ1v) is 13.1. The number of fused-ring (bicyclic) bond motifs is 2. The Hall–Kier alpha value is -4.73. The van der Waals surface area contributed by atoms with Crippen LogP contribution in [0.15, 0.2) is 117 Å². The van der Waals surface area contributed by atoms with Crippen molar-refractivity contribution in [1.29, 1.82) is 5.26 Å². The smallest absolute Gasteiger partial charge is 0.408 e. The fourth-order valence-electron chi connectivity index (χ4n) is 4.63. The molecule has 6 rings (SSSR count). The van der Waals surface area contributed by atoms with Crippen LogP contribution < -0.4 is 5.76 Å². The van der Waals surface area contributed by atoms with Gasteiger partial charge >= 0.3 is 5.76 Å². The number of hydrogen-bond acceptors (Lipinski definition) is 5. The van der Waals surface area contributed by atoms with Crippen molar-refractivity contribution < 1.29 is 4.42 Å². The van der Waals surface area contributed by atoms with Crippen LogP contribution in [0, 0.1) is 11.3 Å². The molecule has 0 aliphatic heterocycles. The maximum Gasteiger partial charge on any atom is 0.419 e. The van der Waals surface area contributed by atoms with Crippen LogP contribution in [0.4, 0.5) is 0 Å². The van der Waals surface area contributed by atoms with Crippen LogP contribution >= 0.6 is 11.3 Å². The van der Waals surface area contributed by atoms with Crippen molar-refractivity contribution in [2.45, 2.75) is 12.5 Å². The van der Waals surface area contributed by atoms with Gasteiger partial charge in [-0.15, -0.1) is 11.3 Å². The standard InChI is InChI=1S/C32H23N3O2S/c1-35-27-18-24(14-15-28(27)37-32(35)36)30-19-25-13-12-21(17-29(25)38-30)16-26(20-33)34-31(22-8-4-2-5-9-22)23-10-6-3-7-11-23/h2-15,17-19,26H,16H2,1H3. The summed E-state index contributed by atoms with van der Waals surface area (Å²) >= 11 is 1.69. The van der Waals surface area contributed by atoms with E-state index in [-0.39, 0.29) is 5.76 Å². The van der Waals surface area contributed by atoms with E-state index in [0.29, 0.717) is 12.0 Å². The fourth-order valence-corrected chi connectivity index (χ4v) is 5.75. The Morgan fingerprint density at radius 3 is 2.34 bits per heavy atom. The summed E-state index contributed by atoms with van der Waals surface area (Å²) in [5.74, 6) is -0.365. The second kappa shape index (κ2) is 9.97. The maximum absolute atomic E-state index is 11.9. The SMILES string of the molecule is Cn1c(=O)oc2ccc(-c3cc4ccc(CC(C#N)N=C(c5ccccc5)c5ccccc5)cc4s3)cc21. The van der Waals surface area contributed by atoms with E-state index in [1.807, 2.05) is 78.9 Å². The summed E-state index contributed by atoms with van der Waals surface area (Å²) < 4.78 is 7.93. The highest BCUT2D eigenvalue weighted by atomic mass is 32.1. The highest BCUT2D eigenvalue weighted by Crippen LogP contribution is 2.35. The summed E-state index contributed by atoms with van der Waals surface area (Å²) in [7, 11) is 1.71. The molecule has 0 saturated carbocycles. The lowest BCUT2D eigenvalue weighted by Crippen LogP contribution is -2.12. The monoisotopic (exact) mass is 513 g/mol. The van der Waals surface area contributed by atoms with Crippen LogP contribution in [-0.2, 0) is 13.5 Å². The predicted octanol–water partition coefficient (Wildman–Crippen LogP) is 6.99.